The Kier molecular flexibility index (Phi) is 3.38. The van der Waals surface area contributed by atoms with E-state index in [1.807, 2.05) is 0 Å². The third kappa shape index (κ3) is 2.76. The van der Waals surface area contributed by atoms with E-state index in [9.17, 15) is 9.18 Å². The number of imidazole rings is 1. The molecule has 3 heterocycles. The molecule has 0 atom stereocenters. The van der Waals surface area contributed by atoms with Gasteiger partial charge in [-0.2, -0.15) is 0 Å². The van der Waals surface area contributed by atoms with Crippen LogP contribution in [0.5, 0.6) is 0 Å². The van der Waals surface area contributed by atoms with Gasteiger partial charge in [0.2, 0.25) is 0 Å². The van der Waals surface area contributed by atoms with Crippen molar-refractivity contribution in [3.05, 3.63) is 66.9 Å². The Bertz CT molecular complexity index is 755. The summed E-state index contributed by atoms with van der Waals surface area (Å²) in [5.41, 5.74) is 0.406. The molecule has 104 valence electrons. The second-order valence-corrected chi connectivity index (χ2v) is 4.18. The maximum Gasteiger partial charge on any atom is 0.258 e. The molecule has 7 heteroatoms. The molecule has 6 nitrogen and oxygen atoms in total. The lowest BCUT2D eigenvalue weighted by Crippen LogP contribution is -2.14. The van der Waals surface area contributed by atoms with Crippen LogP contribution in [0, 0.1) is 5.82 Å². The topological polar surface area (TPSA) is 72.7 Å². The number of carbonyl (C=O) groups is 1. The average Bonchev–Trinajstić information content (AvgIpc) is 3.02. The number of hydrogen-bond donors (Lipinski definition) is 1. The van der Waals surface area contributed by atoms with Gasteiger partial charge in [0.15, 0.2) is 5.82 Å². The lowest BCUT2D eigenvalue weighted by Gasteiger charge is -2.06. The molecule has 0 spiro atoms. The second-order valence-electron chi connectivity index (χ2n) is 4.18. The summed E-state index contributed by atoms with van der Waals surface area (Å²) in [6.45, 7) is 0. The van der Waals surface area contributed by atoms with Gasteiger partial charge in [-0.3, -0.25) is 14.3 Å². The highest BCUT2D eigenvalue weighted by Gasteiger charge is 2.11. The van der Waals surface area contributed by atoms with Crippen LogP contribution in [0.3, 0.4) is 0 Å². The maximum absolute atomic E-state index is 13.4. The first-order valence-corrected chi connectivity index (χ1v) is 6.09. The average molecular weight is 283 g/mol. The number of pyridine rings is 2. The summed E-state index contributed by atoms with van der Waals surface area (Å²) in [7, 11) is 0. The van der Waals surface area contributed by atoms with Crippen molar-refractivity contribution in [2.75, 3.05) is 5.32 Å². The van der Waals surface area contributed by atoms with Gasteiger partial charge in [-0.15, -0.1) is 0 Å². The van der Waals surface area contributed by atoms with E-state index in [2.05, 4.69) is 20.3 Å². The van der Waals surface area contributed by atoms with Gasteiger partial charge >= 0.3 is 0 Å². The fourth-order valence-electron chi connectivity index (χ4n) is 1.77. The highest BCUT2D eigenvalue weighted by Crippen LogP contribution is 2.12. The van der Waals surface area contributed by atoms with Gasteiger partial charge in [0.25, 0.3) is 5.91 Å². The van der Waals surface area contributed by atoms with E-state index in [0.717, 1.165) is 6.20 Å². The Morgan fingerprint density at radius 1 is 1.14 bits per heavy atom. The molecule has 1 amide bonds. The molecule has 21 heavy (non-hydrogen) atoms. The maximum atomic E-state index is 13.4. The first kappa shape index (κ1) is 12.9. The molecule has 0 aliphatic rings. The number of nitrogens with one attached hydrogen (secondary N) is 1. The Morgan fingerprint density at radius 3 is 2.71 bits per heavy atom. The summed E-state index contributed by atoms with van der Waals surface area (Å²) in [5, 5.41) is 2.58. The van der Waals surface area contributed by atoms with Crippen molar-refractivity contribution in [3.8, 4) is 5.82 Å². The van der Waals surface area contributed by atoms with Gasteiger partial charge in [-0.25, -0.2) is 14.4 Å². The van der Waals surface area contributed by atoms with E-state index in [1.54, 1.807) is 35.4 Å². The Labute approximate surface area is 119 Å². The van der Waals surface area contributed by atoms with Crippen LogP contribution in [0.1, 0.15) is 10.4 Å². The van der Waals surface area contributed by atoms with Crippen LogP contribution >= 0.6 is 0 Å². The van der Waals surface area contributed by atoms with Gasteiger partial charge in [-0.1, -0.05) is 0 Å². The van der Waals surface area contributed by atoms with E-state index in [-0.39, 0.29) is 5.56 Å². The van der Waals surface area contributed by atoms with Crippen LogP contribution in [0.15, 0.2) is 55.5 Å². The number of carbonyl (C=O) groups excluding carboxylic acids is 1. The molecule has 0 bridgehead atoms. The van der Waals surface area contributed by atoms with Gasteiger partial charge in [0.05, 0.1) is 23.6 Å². The summed E-state index contributed by atoms with van der Waals surface area (Å²) >= 11 is 0. The summed E-state index contributed by atoms with van der Waals surface area (Å²) < 4.78 is 15.2. The number of aromatic nitrogens is 4. The van der Waals surface area contributed by atoms with Crippen molar-refractivity contribution < 1.29 is 9.18 Å². The van der Waals surface area contributed by atoms with E-state index in [0.29, 0.717) is 11.5 Å². The number of hydrogen-bond acceptors (Lipinski definition) is 4. The fourth-order valence-corrected chi connectivity index (χ4v) is 1.77. The smallest absolute Gasteiger partial charge is 0.258 e. The van der Waals surface area contributed by atoms with Gasteiger partial charge in [0, 0.05) is 18.6 Å². The molecular formula is C14H10FN5O. The van der Waals surface area contributed by atoms with Crippen LogP contribution in [0.2, 0.25) is 0 Å². The van der Waals surface area contributed by atoms with Crippen LogP contribution in [0.4, 0.5) is 10.1 Å². The SMILES string of the molecule is O=C(Nc1ccc(-n2ccnc2)nc1)c1ccncc1F. The highest BCUT2D eigenvalue weighted by molar-refractivity contribution is 6.04. The molecule has 0 unspecified atom stereocenters. The minimum absolute atomic E-state index is 0.0660. The lowest BCUT2D eigenvalue weighted by molar-refractivity contribution is 0.102. The van der Waals surface area contributed by atoms with Gasteiger partial charge in [-0.05, 0) is 18.2 Å². The van der Waals surface area contributed by atoms with Crippen LogP contribution in [0.25, 0.3) is 5.82 Å². The summed E-state index contributed by atoms with van der Waals surface area (Å²) in [5.74, 6) is -0.550. The third-order valence-electron chi connectivity index (χ3n) is 2.79. The van der Waals surface area contributed by atoms with Crippen molar-refractivity contribution in [1.29, 1.82) is 0 Å². The van der Waals surface area contributed by atoms with Crippen molar-refractivity contribution in [2.45, 2.75) is 0 Å². The summed E-state index contributed by atoms with van der Waals surface area (Å²) in [6, 6.07) is 4.72. The Morgan fingerprint density at radius 2 is 2.05 bits per heavy atom. The normalized spacial score (nSPS) is 10.3. The van der Waals surface area contributed by atoms with Crippen molar-refractivity contribution in [1.82, 2.24) is 19.5 Å². The van der Waals surface area contributed by atoms with E-state index >= 15 is 0 Å². The molecule has 3 rings (SSSR count). The molecule has 3 aromatic rings. The minimum atomic E-state index is -0.669. The molecule has 0 saturated heterocycles. The van der Waals surface area contributed by atoms with Crippen LogP contribution < -0.4 is 5.32 Å². The quantitative estimate of drug-likeness (QED) is 0.798. The predicted molar refractivity (Wildman–Crippen MR) is 73.5 cm³/mol. The largest absolute Gasteiger partial charge is 0.320 e. The van der Waals surface area contributed by atoms with Gasteiger partial charge in [0.1, 0.15) is 12.1 Å². The first-order valence-electron chi connectivity index (χ1n) is 6.09. The van der Waals surface area contributed by atoms with Crippen molar-refractivity contribution in [2.24, 2.45) is 0 Å². The molecule has 0 fully saturated rings. The molecule has 0 aromatic carbocycles. The lowest BCUT2D eigenvalue weighted by atomic mass is 10.2. The highest BCUT2D eigenvalue weighted by atomic mass is 19.1. The molecule has 0 radical (unpaired) electrons. The number of anilines is 1. The number of nitrogens with zero attached hydrogens (tertiary/aromatic N) is 4. The van der Waals surface area contributed by atoms with Crippen molar-refractivity contribution in [3.63, 3.8) is 0 Å². The standard InChI is InChI=1S/C14H10FN5O/c15-12-8-16-4-3-11(12)14(21)19-10-1-2-13(18-7-10)20-6-5-17-9-20/h1-9H,(H,19,21). The molecule has 0 saturated carbocycles. The second kappa shape index (κ2) is 5.49. The summed E-state index contributed by atoms with van der Waals surface area (Å²) in [6.07, 6.45) is 8.86. The van der Waals surface area contributed by atoms with Crippen molar-refractivity contribution >= 4 is 11.6 Å². The summed E-state index contributed by atoms with van der Waals surface area (Å²) in [4.78, 5) is 23.6. The van der Waals surface area contributed by atoms with Crippen LogP contribution in [-0.4, -0.2) is 25.4 Å². The number of halogens is 1. The predicted octanol–water partition coefficient (Wildman–Crippen LogP) is 2.05. The van der Waals surface area contributed by atoms with E-state index in [4.69, 9.17) is 0 Å². The molecule has 1 N–H and O–H groups in total. The monoisotopic (exact) mass is 283 g/mol. The van der Waals surface area contributed by atoms with Gasteiger partial charge < -0.3 is 5.32 Å². The number of amides is 1. The molecule has 0 aliphatic heterocycles. The van der Waals surface area contributed by atoms with Crippen LogP contribution in [-0.2, 0) is 0 Å². The zero-order chi connectivity index (χ0) is 14.7. The zero-order valence-electron chi connectivity index (χ0n) is 10.8. The molecular weight excluding hydrogens is 273 g/mol. The molecule has 0 aliphatic carbocycles. The zero-order valence-corrected chi connectivity index (χ0v) is 10.8. The fraction of sp³-hybridized carbons (Fsp3) is 0. The van der Waals surface area contributed by atoms with E-state index in [1.165, 1.54) is 18.5 Å². The first-order chi connectivity index (χ1) is 10.2. The van der Waals surface area contributed by atoms with E-state index < -0.39 is 11.7 Å². The minimum Gasteiger partial charge on any atom is -0.320 e. The molecule has 3 aromatic heterocycles. The Hall–Kier alpha value is -3.09. The Balaban J connectivity index is 1.77. The third-order valence-corrected chi connectivity index (χ3v) is 2.79. The number of rotatable bonds is 3.